The molecule has 0 saturated heterocycles. The van der Waals surface area contributed by atoms with Crippen LogP contribution in [0.2, 0.25) is 0 Å². The summed E-state index contributed by atoms with van der Waals surface area (Å²) in [6.07, 6.45) is 1.92. The first kappa shape index (κ1) is 22.5. The Bertz CT molecular complexity index is 1320. The molecule has 0 bridgehead atoms. The zero-order chi connectivity index (χ0) is 23.7. The SMILES string of the molecule is CCCOc1c(OC)cc(-c2nc3ccc4ccccc4c3c3c2CN(CC)CC3)cc1OC. The number of nitrogens with zero attached hydrogens (tertiary/aromatic N) is 2. The molecular weight excluding hydrogens is 424 g/mol. The summed E-state index contributed by atoms with van der Waals surface area (Å²) in [6, 6.07) is 17.0. The van der Waals surface area contributed by atoms with Gasteiger partial charge in [0.15, 0.2) is 11.5 Å². The van der Waals surface area contributed by atoms with Crippen molar-refractivity contribution in [3.8, 4) is 28.5 Å². The highest BCUT2D eigenvalue weighted by Crippen LogP contribution is 2.44. The number of aromatic nitrogens is 1. The molecule has 0 fully saturated rings. The largest absolute Gasteiger partial charge is 0.493 e. The smallest absolute Gasteiger partial charge is 0.203 e. The maximum absolute atomic E-state index is 5.98. The lowest BCUT2D eigenvalue weighted by Crippen LogP contribution is -2.31. The van der Waals surface area contributed by atoms with E-state index in [9.17, 15) is 0 Å². The molecule has 3 aromatic carbocycles. The lowest BCUT2D eigenvalue weighted by Gasteiger charge is -2.30. The molecule has 1 aromatic heterocycles. The van der Waals surface area contributed by atoms with E-state index in [1.54, 1.807) is 14.2 Å². The summed E-state index contributed by atoms with van der Waals surface area (Å²) in [6.45, 7) is 7.87. The first-order valence-corrected chi connectivity index (χ1v) is 12.1. The number of ether oxygens (including phenoxy) is 3. The van der Waals surface area contributed by atoms with E-state index < -0.39 is 0 Å². The van der Waals surface area contributed by atoms with E-state index in [-0.39, 0.29) is 0 Å². The molecule has 0 aliphatic carbocycles. The van der Waals surface area contributed by atoms with E-state index in [4.69, 9.17) is 19.2 Å². The minimum absolute atomic E-state index is 0.605. The van der Waals surface area contributed by atoms with Crippen LogP contribution in [0.4, 0.5) is 0 Å². The van der Waals surface area contributed by atoms with Crippen molar-refractivity contribution in [3.63, 3.8) is 0 Å². The molecule has 5 nitrogen and oxygen atoms in total. The van der Waals surface area contributed by atoms with Crippen LogP contribution >= 0.6 is 0 Å². The Morgan fingerprint density at radius 3 is 2.41 bits per heavy atom. The predicted octanol–water partition coefficient (Wildman–Crippen LogP) is 6.24. The van der Waals surface area contributed by atoms with Crippen molar-refractivity contribution in [2.24, 2.45) is 0 Å². The fraction of sp³-hybridized carbons (Fsp3) is 0.345. The van der Waals surface area contributed by atoms with Crippen molar-refractivity contribution in [1.29, 1.82) is 0 Å². The predicted molar refractivity (Wildman–Crippen MR) is 138 cm³/mol. The van der Waals surface area contributed by atoms with Gasteiger partial charge in [0, 0.05) is 24.0 Å². The summed E-state index contributed by atoms with van der Waals surface area (Å²) in [4.78, 5) is 7.73. The van der Waals surface area contributed by atoms with Gasteiger partial charge in [0.25, 0.3) is 0 Å². The minimum Gasteiger partial charge on any atom is -0.493 e. The number of hydrogen-bond donors (Lipinski definition) is 0. The maximum atomic E-state index is 5.98. The highest BCUT2D eigenvalue weighted by Gasteiger charge is 2.25. The van der Waals surface area contributed by atoms with Crippen molar-refractivity contribution >= 4 is 21.7 Å². The van der Waals surface area contributed by atoms with Gasteiger partial charge in [-0.05, 0) is 59.5 Å². The molecule has 0 spiro atoms. The Labute approximate surface area is 201 Å². The molecule has 0 radical (unpaired) electrons. The molecule has 0 amide bonds. The van der Waals surface area contributed by atoms with Gasteiger partial charge in [-0.25, -0.2) is 4.98 Å². The molecule has 2 heterocycles. The highest BCUT2D eigenvalue weighted by molar-refractivity contribution is 6.09. The number of pyridine rings is 1. The summed E-state index contributed by atoms with van der Waals surface area (Å²) in [5.74, 6) is 1.98. The second kappa shape index (κ2) is 9.51. The monoisotopic (exact) mass is 456 g/mol. The molecule has 176 valence electrons. The van der Waals surface area contributed by atoms with Crippen LogP contribution in [-0.2, 0) is 13.0 Å². The molecule has 5 heteroatoms. The van der Waals surface area contributed by atoms with E-state index in [2.05, 4.69) is 55.1 Å². The summed E-state index contributed by atoms with van der Waals surface area (Å²) in [5.41, 5.74) is 5.71. The van der Waals surface area contributed by atoms with Gasteiger partial charge in [-0.1, -0.05) is 44.2 Å². The van der Waals surface area contributed by atoms with Crippen LogP contribution in [-0.4, -0.2) is 43.8 Å². The van der Waals surface area contributed by atoms with E-state index in [0.29, 0.717) is 23.9 Å². The molecule has 0 saturated carbocycles. The van der Waals surface area contributed by atoms with Crippen LogP contribution in [0.1, 0.15) is 31.4 Å². The van der Waals surface area contributed by atoms with Gasteiger partial charge in [-0.2, -0.15) is 0 Å². The molecule has 4 aromatic rings. The molecule has 5 rings (SSSR count). The van der Waals surface area contributed by atoms with Crippen LogP contribution < -0.4 is 14.2 Å². The molecule has 34 heavy (non-hydrogen) atoms. The van der Waals surface area contributed by atoms with E-state index in [0.717, 1.165) is 49.2 Å². The number of benzene rings is 3. The minimum atomic E-state index is 0.605. The standard InChI is InChI=1S/C29H32N2O3/c1-5-15-34-29-25(32-3)16-20(17-26(29)33-4)28-23-18-31(6-2)14-13-22(23)27-21-10-8-7-9-19(21)11-12-24(27)30-28/h7-12,16-17H,5-6,13-15,18H2,1-4H3. The highest BCUT2D eigenvalue weighted by atomic mass is 16.5. The molecule has 0 atom stereocenters. The third-order valence-corrected chi connectivity index (χ3v) is 6.78. The average Bonchev–Trinajstić information content (AvgIpc) is 2.90. The summed E-state index contributed by atoms with van der Waals surface area (Å²) in [5, 5.41) is 3.82. The van der Waals surface area contributed by atoms with Crippen LogP contribution in [0.15, 0.2) is 48.5 Å². The topological polar surface area (TPSA) is 43.8 Å². The van der Waals surface area contributed by atoms with E-state index >= 15 is 0 Å². The zero-order valence-corrected chi connectivity index (χ0v) is 20.5. The van der Waals surface area contributed by atoms with Gasteiger partial charge in [-0.3, -0.25) is 4.90 Å². The number of likely N-dealkylation sites (N-methyl/N-ethyl adjacent to an activating group) is 1. The first-order chi connectivity index (χ1) is 16.7. The van der Waals surface area contributed by atoms with Gasteiger partial charge < -0.3 is 14.2 Å². The van der Waals surface area contributed by atoms with Crippen LogP contribution in [0.25, 0.3) is 32.9 Å². The van der Waals surface area contributed by atoms with Crippen molar-refractivity contribution in [3.05, 3.63) is 59.7 Å². The number of fused-ring (bicyclic) bond motifs is 5. The van der Waals surface area contributed by atoms with E-state index in [1.165, 1.54) is 27.3 Å². The fourth-order valence-electron chi connectivity index (χ4n) is 5.04. The normalized spacial score (nSPS) is 13.8. The van der Waals surface area contributed by atoms with Gasteiger partial charge in [0.2, 0.25) is 5.75 Å². The van der Waals surface area contributed by atoms with Crippen LogP contribution in [0.3, 0.4) is 0 Å². The lowest BCUT2D eigenvalue weighted by molar-refractivity contribution is 0.269. The Hall–Kier alpha value is -3.31. The Morgan fingerprint density at radius 1 is 0.941 bits per heavy atom. The quantitative estimate of drug-likeness (QED) is 0.308. The number of methoxy groups -OCH3 is 2. The Morgan fingerprint density at radius 2 is 1.71 bits per heavy atom. The molecular formula is C29H32N2O3. The van der Waals surface area contributed by atoms with E-state index in [1.807, 2.05) is 12.1 Å². The fourth-order valence-corrected chi connectivity index (χ4v) is 5.04. The first-order valence-electron chi connectivity index (χ1n) is 12.1. The molecule has 1 aliphatic rings. The van der Waals surface area contributed by atoms with Crippen molar-refractivity contribution in [2.45, 2.75) is 33.2 Å². The summed E-state index contributed by atoms with van der Waals surface area (Å²) in [7, 11) is 3.34. The molecule has 0 unspecified atom stereocenters. The second-order valence-electron chi connectivity index (χ2n) is 8.78. The third-order valence-electron chi connectivity index (χ3n) is 6.78. The van der Waals surface area contributed by atoms with Gasteiger partial charge in [0.1, 0.15) is 0 Å². The van der Waals surface area contributed by atoms with Gasteiger partial charge >= 0.3 is 0 Å². The van der Waals surface area contributed by atoms with Gasteiger partial charge in [-0.15, -0.1) is 0 Å². The Kier molecular flexibility index (Phi) is 6.29. The summed E-state index contributed by atoms with van der Waals surface area (Å²) < 4.78 is 17.4. The Balaban J connectivity index is 1.78. The van der Waals surface area contributed by atoms with Crippen molar-refractivity contribution in [2.75, 3.05) is 33.9 Å². The zero-order valence-electron chi connectivity index (χ0n) is 20.5. The van der Waals surface area contributed by atoms with Crippen LogP contribution in [0.5, 0.6) is 17.2 Å². The molecule has 0 N–H and O–H groups in total. The van der Waals surface area contributed by atoms with Crippen LogP contribution in [0, 0.1) is 0 Å². The summed E-state index contributed by atoms with van der Waals surface area (Å²) >= 11 is 0. The third kappa shape index (κ3) is 3.84. The van der Waals surface area contributed by atoms with Gasteiger partial charge in [0.05, 0.1) is 32.0 Å². The van der Waals surface area contributed by atoms with Crippen molar-refractivity contribution < 1.29 is 14.2 Å². The maximum Gasteiger partial charge on any atom is 0.203 e. The lowest BCUT2D eigenvalue weighted by atomic mass is 9.89. The average molecular weight is 457 g/mol. The molecule has 1 aliphatic heterocycles. The number of hydrogen-bond acceptors (Lipinski definition) is 5. The van der Waals surface area contributed by atoms with Crippen molar-refractivity contribution in [1.82, 2.24) is 9.88 Å². The number of rotatable bonds is 7. The second-order valence-corrected chi connectivity index (χ2v) is 8.78.